The number of amides is 3. The number of nitro benzene ring substituents is 1. The van der Waals surface area contributed by atoms with Crippen molar-refractivity contribution in [2.75, 3.05) is 11.9 Å². The molecular formula is C27H27N5O6S. The zero-order valence-electron chi connectivity index (χ0n) is 21.4. The van der Waals surface area contributed by atoms with Crippen molar-refractivity contribution in [2.24, 2.45) is 0 Å². The molecule has 0 saturated carbocycles. The van der Waals surface area contributed by atoms with Gasteiger partial charge in [0.1, 0.15) is 5.75 Å². The first kappa shape index (κ1) is 28.7. The lowest BCUT2D eigenvalue weighted by Crippen LogP contribution is -2.49. The second-order valence-corrected chi connectivity index (χ2v) is 9.76. The van der Waals surface area contributed by atoms with Gasteiger partial charge in [-0.2, -0.15) is 0 Å². The highest BCUT2D eigenvalue weighted by atomic mass is 32.1. The van der Waals surface area contributed by atoms with Crippen molar-refractivity contribution in [3.8, 4) is 5.75 Å². The van der Waals surface area contributed by atoms with Crippen LogP contribution >= 0.6 is 12.2 Å². The first-order valence-electron chi connectivity index (χ1n) is 11.7. The van der Waals surface area contributed by atoms with Crippen LogP contribution in [-0.4, -0.2) is 34.4 Å². The number of nitrogens with one attached hydrogen (secondary N) is 4. The molecule has 0 spiro atoms. The van der Waals surface area contributed by atoms with Crippen LogP contribution in [0.3, 0.4) is 0 Å². The highest BCUT2D eigenvalue weighted by Crippen LogP contribution is 2.22. The summed E-state index contributed by atoms with van der Waals surface area (Å²) in [6.07, 6.45) is 0. The van der Waals surface area contributed by atoms with Gasteiger partial charge in [-0.3, -0.25) is 40.7 Å². The monoisotopic (exact) mass is 549 g/mol. The van der Waals surface area contributed by atoms with E-state index in [0.717, 1.165) is 5.56 Å². The minimum Gasteiger partial charge on any atom is -0.484 e. The van der Waals surface area contributed by atoms with E-state index in [4.69, 9.17) is 17.0 Å². The van der Waals surface area contributed by atoms with Gasteiger partial charge >= 0.3 is 0 Å². The van der Waals surface area contributed by atoms with Gasteiger partial charge in [-0.25, -0.2) is 0 Å². The molecule has 0 saturated heterocycles. The fourth-order valence-electron chi connectivity index (χ4n) is 3.22. The first-order chi connectivity index (χ1) is 18.4. The van der Waals surface area contributed by atoms with E-state index in [1.54, 1.807) is 24.3 Å². The van der Waals surface area contributed by atoms with Gasteiger partial charge in [0.15, 0.2) is 11.7 Å². The summed E-state index contributed by atoms with van der Waals surface area (Å²) in [5.41, 5.74) is 7.10. The predicted octanol–water partition coefficient (Wildman–Crippen LogP) is 3.86. The van der Waals surface area contributed by atoms with E-state index in [-0.39, 0.29) is 33.4 Å². The van der Waals surface area contributed by atoms with Gasteiger partial charge in [0.25, 0.3) is 23.4 Å². The maximum atomic E-state index is 12.5. The molecule has 0 radical (unpaired) electrons. The SMILES string of the molecule is CC(C)(C)c1ccc(C(=O)Nc2ccc(C(=O)NNC(=S)NC(=O)COc3ccc([N+](=O)[O-])cc3)cc2)cc1. The van der Waals surface area contributed by atoms with E-state index >= 15 is 0 Å². The number of anilines is 1. The molecule has 0 heterocycles. The molecular weight excluding hydrogens is 522 g/mol. The number of benzene rings is 3. The van der Waals surface area contributed by atoms with Crippen LogP contribution in [0.15, 0.2) is 72.8 Å². The summed E-state index contributed by atoms with van der Waals surface area (Å²) >= 11 is 4.98. The van der Waals surface area contributed by atoms with Crippen LogP contribution in [-0.2, 0) is 10.2 Å². The normalized spacial score (nSPS) is 10.6. The molecule has 202 valence electrons. The van der Waals surface area contributed by atoms with Gasteiger partial charge in [0.05, 0.1) is 4.92 Å². The van der Waals surface area contributed by atoms with Gasteiger partial charge < -0.3 is 10.1 Å². The Labute approximate surface area is 230 Å². The minimum atomic E-state index is -0.603. The summed E-state index contributed by atoms with van der Waals surface area (Å²) in [5.74, 6) is -1.13. The lowest BCUT2D eigenvalue weighted by molar-refractivity contribution is -0.384. The smallest absolute Gasteiger partial charge is 0.269 e. The van der Waals surface area contributed by atoms with Crippen LogP contribution in [0.1, 0.15) is 47.1 Å². The third kappa shape index (κ3) is 8.61. The second kappa shape index (κ2) is 12.6. The molecule has 0 atom stereocenters. The maximum absolute atomic E-state index is 12.5. The highest BCUT2D eigenvalue weighted by Gasteiger charge is 2.15. The van der Waals surface area contributed by atoms with Crippen LogP contribution in [0.5, 0.6) is 5.75 Å². The van der Waals surface area contributed by atoms with Gasteiger partial charge in [-0.1, -0.05) is 32.9 Å². The Morgan fingerprint density at radius 3 is 1.97 bits per heavy atom. The number of thiocarbonyl (C=S) groups is 1. The van der Waals surface area contributed by atoms with Crippen molar-refractivity contribution in [1.82, 2.24) is 16.2 Å². The number of rotatable bonds is 7. The quantitative estimate of drug-likeness (QED) is 0.197. The van der Waals surface area contributed by atoms with E-state index in [9.17, 15) is 24.5 Å². The molecule has 4 N–H and O–H groups in total. The van der Waals surface area contributed by atoms with E-state index in [2.05, 4.69) is 42.3 Å². The first-order valence-corrected chi connectivity index (χ1v) is 12.1. The van der Waals surface area contributed by atoms with Crippen molar-refractivity contribution in [1.29, 1.82) is 0 Å². The third-order valence-electron chi connectivity index (χ3n) is 5.38. The van der Waals surface area contributed by atoms with E-state index in [0.29, 0.717) is 11.3 Å². The number of nitrogens with zero attached hydrogens (tertiary/aromatic N) is 1. The standard InChI is InChI=1S/C27H27N5O6S/c1-27(2,3)19-8-4-17(5-9-19)24(34)28-20-10-6-18(7-11-20)25(35)30-31-26(39)29-23(33)16-38-22-14-12-21(13-15-22)32(36)37/h4-15H,16H2,1-3H3,(H,28,34)(H,30,35)(H2,29,31,33,39). The number of hydrogen-bond acceptors (Lipinski definition) is 7. The van der Waals surface area contributed by atoms with Crippen LogP contribution in [0, 0.1) is 10.1 Å². The lowest BCUT2D eigenvalue weighted by atomic mass is 9.87. The summed E-state index contributed by atoms with van der Waals surface area (Å²) in [7, 11) is 0. The van der Waals surface area contributed by atoms with Crippen LogP contribution in [0.4, 0.5) is 11.4 Å². The van der Waals surface area contributed by atoms with Gasteiger partial charge in [-0.05, 0) is 71.7 Å². The minimum absolute atomic E-state index is 0.0127. The molecule has 3 aromatic carbocycles. The topological polar surface area (TPSA) is 152 Å². The number of ether oxygens (including phenoxy) is 1. The molecule has 12 heteroatoms. The van der Waals surface area contributed by atoms with Gasteiger partial charge in [-0.15, -0.1) is 0 Å². The van der Waals surface area contributed by atoms with Crippen molar-refractivity contribution in [3.05, 3.63) is 99.6 Å². The third-order valence-corrected chi connectivity index (χ3v) is 5.58. The Bertz CT molecular complexity index is 1370. The molecule has 0 fully saturated rings. The summed E-state index contributed by atoms with van der Waals surface area (Å²) in [4.78, 5) is 47.0. The molecule has 3 aromatic rings. The lowest BCUT2D eigenvalue weighted by Gasteiger charge is -2.19. The molecule has 0 aliphatic rings. The van der Waals surface area contributed by atoms with Crippen molar-refractivity contribution in [3.63, 3.8) is 0 Å². The number of carbonyl (C=O) groups is 3. The molecule has 3 amide bonds. The zero-order chi connectivity index (χ0) is 28.6. The summed E-state index contributed by atoms with van der Waals surface area (Å²) < 4.78 is 5.24. The Morgan fingerprint density at radius 1 is 0.846 bits per heavy atom. The van der Waals surface area contributed by atoms with Crippen molar-refractivity contribution >= 4 is 46.4 Å². The molecule has 0 aromatic heterocycles. The fraction of sp³-hybridized carbons (Fsp3) is 0.185. The number of nitro groups is 1. The number of carbonyl (C=O) groups excluding carboxylic acids is 3. The second-order valence-electron chi connectivity index (χ2n) is 9.35. The Morgan fingerprint density at radius 2 is 1.41 bits per heavy atom. The molecule has 3 rings (SSSR count). The number of hydrazine groups is 1. The van der Waals surface area contributed by atoms with E-state index < -0.39 is 23.3 Å². The average molecular weight is 550 g/mol. The summed E-state index contributed by atoms with van der Waals surface area (Å²) in [6.45, 7) is 5.89. The van der Waals surface area contributed by atoms with Crippen molar-refractivity contribution < 1.29 is 24.0 Å². The van der Waals surface area contributed by atoms with Crippen molar-refractivity contribution in [2.45, 2.75) is 26.2 Å². The molecule has 0 bridgehead atoms. The molecule has 0 unspecified atom stereocenters. The molecule has 0 aliphatic carbocycles. The Kier molecular flexibility index (Phi) is 9.29. The zero-order valence-corrected chi connectivity index (χ0v) is 22.3. The average Bonchev–Trinajstić information content (AvgIpc) is 2.90. The van der Waals surface area contributed by atoms with Crippen LogP contribution in [0.2, 0.25) is 0 Å². The van der Waals surface area contributed by atoms with E-state index in [1.165, 1.54) is 36.4 Å². The van der Waals surface area contributed by atoms with E-state index in [1.807, 2.05) is 12.1 Å². The summed E-state index contributed by atoms with van der Waals surface area (Å²) in [6, 6.07) is 18.8. The molecule has 39 heavy (non-hydrogen) atoms. The number of non-ortho nitro benzene ring substituents is 1. The van der Waals surface area contributed by atoms with Gasteiger partial charge in [0.2, 0.25) is 0 Å². The predicted molar refractivity (Wildman–Crippen MR) is 149 cm³/mol. The van der Waals surface area contributed by atoms with Crippen LogP contribution in [0.25, 0.3) is 0 Å². The van der Waals surface area contributed by atoms with Gasteiger partial charge in [0, 0.05) is 28.9 Å². The van der Waals surface area contributed by atoms with Crippen LogP contribution < -0.4 is 26.2 Å². The fourth-order valence-corrected chi connectivity index (χ4v) is 3.39. The Balaban J connectivity index is 1.42. The largest absolute Gasteiger partial charge is 0.484 e. The maximum Gasteiger partial charge on any atom is 0.269 e. The molecule has 11 nitrogen and oxygen atoms in total. The number of hydrogen-bond donors (Lipinski definition) is 4. The molecule has 0 aliphatic heterocycles. The Hall–Kier alpha value is -4.84. The summed E-state index contributed by atoms with van der Waals surface area (Å²) in [5, 5.41) is 15.6. The highest BCUT2D eigenvalue weighted by molar-refractivity contribution is 7.80.